The van der Waals surface area contributed by atoms with Gasteiger partial charge in [-0.25, -0.2) is 0 Å². The van der Waals surface area contributed by atoms with E-state index in [1.54, 1.807) is 0 Å². The molecule has 0 spiro atoms. The lowest BCUT2D eigenvalue weighted by Gasteiger charge is -2.22. The highest BCUT2D eigenvalue weighted by Crippen LogP contribution is 2.07. The van der Waals surface area contributed by atoms with Gasteiger partial charge in [0.05, 0.1) is 6.04 Å². The summed E-state index contributed by atoms with van der Waals surface area (Å²) < 4.78 is 0. The average molecular weight is 170 g/mol. The van der Waals surface area contributed by atoms with Crippen LogP contribution in [0.4, 0.5) is 0 Å². The molecule has 1 heterocycles. The minimum absolute atomic E-state index is 0.0456. The molecule has 1 saturated heterocycles. The zero-order valence-corrected chi connectivity index (χ0v) is 8.11. The molecule has 1 amide bonds. The lowest BCUT2D eigenvalue weighted by molar-refractivity contribution is -0.124. The van der Waals surface area contributed by atoms with Crippen molar-refractivity contribution in [3.63, 3.8) is 0 Å². The minimum atomic E-state index is -0.110. The van der Waals surface area contributed by atoms with E-state index in [2.05, 4.69) is 10.6 Å². The van der Waals surface area contributed by atoms with E-state index in [1.165, 1.54) is 0 Å². The third kappa shape index (κ3) is 2.81. The summed E-state index contributed by atoms with van der Waals surface area (Å²) in [6, 6.07) is 0.0456. The summed E-state index contributed by atoms with van der Waals surface area (Å²) in [7, 11) is 0. The molecule has 1 aliphatic rings. The van der Waals surface area contributed by atoms with Crippen molar-refractivity contribution in [3.05, 3.63) is 0 Å². The Kier molecular flexibility index (Phi) is 2.73. The van der Waals surface area contributed by atoms with E-state index in [0.717, 1.165) is 19.4 Å². The van der Waals surface area contributed by atoms with Crippen LogP contribution < -0.4 is 10.6 Å². The van der Waals surface area contributed by atoms with Gasteiger partial charge in [-0.05, 0) is 40.2 Å². The second-order valence-corrected chi connectivity index (χ2v) is 4.39. The second-order valence-electron chi connectivity index (χ2n) is 4.39. The highest BCUT2D eigenvalue weighted by atomic mass is 16.2. The van der Waals surface area contributed by atoms with Crippen molar-refractivity contribution in [2.75, 3.05) is 6.54 Å². The number of hydrogen-bond donors (Lipinski definition) is 2. The summed E-state index contributed by atoms with van der Waals surface area (Å²) in [6.07, 6.45) is 2.09. The van der Waals surface area contributed by atoms with Gasteiger partial charge in [0.15, 0.2) is 0 Å². The van der Waals surface area contributed by atoms with Crippen LogP contribution in [0.5, 0.6) is 0 Å². The van der Waals surface area contributed by atoms with Crippen LogP contribution in [0.25, 0.3) is 0 Å². The molecule has 3 heteroatoms. The van der Waals surface area contributed by atoms with Gasteiger partial charge in [0.2, 0.25) is 5.91 Å². The molecule has 0 aliphatic carbocycles. The predicted octanol–water partition coefficient (Wildman–Crippen LogP) is 0.653. The molecule has 1 rings (SSSR count). The van der Waals surface area contributed by atoms with Gasteiger partial charge in [0.25, 0.3) is 0 Å². The zero-order chi connectivity index (χ0) is 9.19. The van der Waals surface area contributed by atoms with Crippen LogP contribution in [-0.2, 0) is 4.79 Å². The standard InChI is InChI=1S/C9H18N2O/c1-9(2,3)11-8(12)7-5-4-6-10-7/h7,10H,4-6H2,1-3H3,(H,11,12). The van der Waals surface area contributed by atoms with Crippen molar-refractivity contribution >= 4 is 5.91 Å². The molecule has 0 radical (unpaired) electrons. The van der Waals surface area contributed by atoms with Crippen LogP contribution in [0, 0.1) is 0 Å². The molecule has 3 nitrogen and oxygen atoms in total. The average Bonchev–Trinajstić information content (AvgIpc) is 2.32. The predicted molar refractivity (Wildman–Crippen MR) is 48.9 cm³/mol. The Bertz CT molecular complexity index is 166. The number of hydrogen-bond acceptors (Lipinski definition) is 2. The van der Waals surface area contributed by atoms with E-state index in [-0.39, 0.29) is 17.5 Å². The first-order valence-electron chi connectivity index (χ1n) is 4.54. The Labute approximate surface area is 73.9 Å². The van der Waals surface area contributed by atoms with E-state index in [0.29, 0.717) is 0 Å². The van der Waals surface area contributed by atoms with Gasteiger partial charge in [-0.3, -0.25) is 4.79 Å². The summed E-state index contributed by atoms with van der Waals surface area (Å²) in [6.45, 7) is 6.97. The molecule has 0 saturated carbocycles. The molecule has 1 unspecified atom stereocenters. The molecule has 0 bridgehead atoms. The molecule has 70 valence electrons. The SMILES string of the molecule is CC(C)(C)NC(=O)C1CCCN1. The largest absolute Gasteiger partial charge is 0.350 e. The number of rotatable bonds is 1. The monoisotopic (exact) mass is 170 g/mol. The first-order valence-corrected chi connectivity index (χ1v) is 4.54. The maximum atomic E-state index is 11.5. The third-order valence-electron chi connectivity index (χ3n) is 1.88. The summed E-state index contributed by atoms with van der Waals surface area (Å²) >= 11 is 0. The highest BCUT2D eigenvalue weighted by molar-refractivity contribution is 5.82. The van der Waals surface area contributed by atoms with Crippen LogP contribution >= 0.6 is 0 Å². The Morgan fingerprint density at radius 2 is 2.17 bits per heavy atom. The Hall–Kier alpha value is -0.570. The lowest BCUT2D eigenvalue weighted by atomic mass is 10.1. The second kappa shape index (κ2) is 3.44. The summed E-state index contributed by atoms with van der Waals surface area (Å²) in [5.74, 6) is 0.139. The maximum Gasteiger partial charge on any atom is 0.237 e. The van der Waals surface area contributed by atoms with E-state index in [4.69, 9.17) is 0 Å². The fraction of sp³-hybridized carbons (Fsp3) is 0.889. The highest BCUT2D eigenvalue weighted by Gasteiger charge is 2.24. The molecular formula is C9H18N2O. The molecule has 2 N–H and O–H groups in total. The molecular weight excluding hydrogens is 152 g/mol. The van der Waals surface area contributed by atoms with Crippen LogP contribution in [-0.4, -0.2) is 24.0 Å². The minimum Gasteiger partial charge on any atom is -0.350 e. The van der Waals surface area contributed by atoms with Gasteiger partial charge in [-0.15, -0.1) is 0 Å². The van der Waals surface area contributed by atoms with E-state index >= 15 is 0 Å². The van der Waals surface area contributed by atoms with E-state index in [9.17, 15) is 4.79 Å². The number of carbonyl (C=O) groups is 1. The first-order chi connectivity index (χ1) is 5.49. The van der Waals surface area contributed by atoms with Crippen molar-refractivity contribution in [1.82, 2.24) is 10.6 Å². The van der Waals surface area contributed by atoms with Crippen molar-refractivity contribution in [2.45, 2.75) is 45.2 Å². The van der Waals surface area contributed by atoms with Gasteiger partial charge in [-0.2, -0.15) is 0 Å². The van der Waals surface area contributed by atoms with Crippen molar-refractivity contribution in [3.8, 4) is 0 Å². The molecule has 0 aromatic carbocycles. The van der Waals surface area contributed by atoms with Crippen LogP contribution in [0.15, 0.2) is 0 Å². The van der Waals surface area contributed by atoms with Gasteiger partial charge < -0.3 is 10.6 Å². The molecule has 1 atom stereocenters. The van der Waals surface area contributed by atoms with Crippen LogP contribution in [0.3, 0.4) is 0 Å². The van der Waals surface area contributed by atoms with E-state index < -0.39 is 0 Å². The summed E-state index contributed by atoms with van der Waals surface area (Å²) in [5.41, 5.74) is -0.110. The lowest BCUT2D eigenvalue weighted by Crippen LogP contribution is -2.48. The van der Waals surface area contributed by atoms with E-state index in [1.807, 2.05) is 20.8 Å². The normalized spacial score (nSPS) is 24.1. The first kappa shape index (κ1) is 9.52. The number of amides is 1. The quantitative estimate of drug-likeness (QED) is 0.607. The molecule has 12 heavy (non-hydrogen) atoms. The van der Waals surface area contributed by atoms with Crippen molar-refractivity contribution < 1.29 is 4.79 Å². The Morgan fingerprint density at radius 1 is 1.50 bits per heavy atom. The molecule has 0 aromatic rings. The fourth-order valence-electron chi connectivity index (χ4n) is 1.37. The van der Waals surface area contributed by atoms with Crippen molar-refractivity contribution in [1.29, 1.82) is 0 Å². The molecule has 1 fully saturated rings. The van der Waals surface area contributed by atoms with Crippen LogP contribution in [0.1, 0.15) is 33.6 Å². The zero-order valence-electron chi connectivity index (χ0n) is 8.11. The van der Waals surface area contributed by atoms with Gasteiger partial charge in [0, 0.05) is 5.54 Å². The topological polar surface area (TPSA) is 41.1 Å². The Morgan fingerprint density at radius 3 is 2.58 bits per heavy atom. The number of nitrogens with one attached hydrogen (secondary N) is 2. The number of carbonyl (C=O) groups excluding carboxylic acids is 1. The third-order valence-corrected chi connectivity index (χ3v) is 1.88. The molecule has 0 aromatic heterocycles. The molecule has 1 aliphatic heterocycles. The smallest absolute Gasteiger partial charge is 0.237 e. The fourth-order valence-corrected chi connectivity index (χ4v) is 1.37. The maximum absolute atomic E-state index is 11.5. The van der Waals surface area contributed by atoms with Gasteiger partial charge in [-0.1, -0.05) is 0 Å². The van der Waals surface area contributed by atoms with Crippen molar-refractivity contribution in [2.24, 2.45) is 0 Å². The Balaban J connectivity index is 2.37. The summed E-state index contributed by atoms with van der Waals surface area (Å²) in [5, 5.41) is 6.13. The van der Waals surface area contributed by atoms with Gasteiger partial charge in [0.1, 0.15) is 0 Å². The van der Waals surface area contributed by atoms with Crippen LogP contribution in [0.2, 0.25) is 0 Å². The van der Waals surface area contributed by atoms with Gasteiger partial charge >= 0.3 is 0 Å². The summed E-state index contributed by atoms with van der Waals surface area (Å²) in [4.78, 5) is 11.5.